The van der Waals surface area contributed by atoms with Crippen molar-refractivity contribution >= 4 is 27.5 Å². The predicted molar refractivity (Wildman–Crippen MR) is 122 cm³/mol. The summed E-state index contributed by atoms with van der Waals surface area (Å²) >= 11 is 6.44. The maximum absolute atomic E-state index is 12.8. The van der Waals surface area contributed by atoms with Crippen molar-refractivity contribution in [3.63, 3.8) is 0 Å². The van der Waals surface area contributed by atoms with Gasteiger partial charge in [0.25, 0.3) is 5.91 Å². The van der Waals surface area contributed by atoms with E-state index in [0.717, 1.165) is 44.3 Å². The van der Waals surface area contributed by atoms with Crippen molar-refractivity contribution in [3.05, 3.63) is 64.7 Å². The van der Waals surface area contributed by atoms with E-state index in [1.54, 1.807) is 12.1 Å². The summed E-state index contributed by atoms with van der Waals surface area (Å²) in [5, 5.41) is 3.72. The molecular weight excluding hydrogens is 434 g/mol. The third-order valence-corrected chi connectivity index (χ3v) is 8.38. The van der Waals surface area contributed by atoms with E-state index in [1.165, 1.54) is 16.4 Å². The van der Waals surface area contributed by atoms with Crippen LogP contribution >= 0.6 is 11.6 Å². The summed E-state index contributed by atoms with van der Waals surface area (Å²) < 4.78 is 26.9. The third kappa shape index (κ3) is 4.95. The molecule has 0 aromatic heterocycles. The van der Waals surface area contributed by atoms with Gasteiger partial charge in [-0.2, -0.15) is 4.31 Å². The summed E-state index contributed by atoms with van der Waals surface area (Å²) in [6, 6.07) is 14.0. The van der Waals surface area contributed by atoms with Crippen LogP contribution in [0.3, 0.4) is 0 Å². The quantitative estimate of drug-likeness (QED) is 0.682. The van der Waals surface area contributed by atoms with Crippen molar-refractivity contribution in [3.8, 4) is 0 Å². The van der Waals surface area contributed by atoms with E-state index >= 15 is 0 Å². The van der Waals surface area contributed by atoms with Gasteiger partial charge in [-0.1, -0.05) is 29.8 Å². The van der Waals surface area contributed by atoms with Crippen molar-refractivity contribution in [2.45, 2.75) is 36.6 Å². The maximum Gasteiger partial charge on any atom is 0.251 e. The fourth-order valence-electron chi connectivity index (χ4n) is 4.38. The van der Waals surface area contributed by atoms with Gasteiger partial charge in [0, 0.05) is 30.2 Å². The number of carbonyl (C=O) groups excluding carboxylic acids is 1. The topological polar surface area (TPSA) is 69.7 Å². The van der Waals surface area contributed by atoms with Gasteiger partial charge in [0.15, 0.2) is 0 Å². The van der Waals surface area contributed by atoms with Gasteiger partial charge in [0.1, 0.15) is 0 Å². The molecule has 0 bridgehead atoms. The Morgan fingerprint density at radius 1 is 0.935 bits per heavy atom. The Morgan fingerprint density at radius 3 is 2.19 bits per heavy atom. The van der Waals surface area contributed by atoms with Crippen LogP contribution in [0, 0.1) is 0 Å². The van der Waals surface area contributed by atoms with Gasteiger partial charge in [0.05, 0.1) is 10.9 Å². The minimum atomic E-state index is -3.48. The second-order valence-electron chi connectivity index (χ2n) is 8.13. The Morgan fingerprint density at radius 2 is 1.55 bits per heavy atom. The number of rotatable bonds is 7. The van der Waals surface area contributed by atoms with Crippen LogP contribution in [0.15, 0.2) is 53.4 Å². The molecule has 1 amide bonds. The molecule has 1 N–H and O–H groups in total. The largest absolute Gasteiger partial charge is 0.350 e. The zero-order valence-electron chi connectivity index (χ0n) is 17.5. The standard InChI is InChI=1S/C23H28ClN3O3S/c24-21-8-2-1-7-20(21)22(26-13-3-4-14-26)17-25-23(28)18-9-11-19(12-10-18)31(29,30)27-15-5-6-16-27/h1-2,7-12,22H,3-6,13-17H2,(H,25,28). The van der Waals surface area contributed by atoms with Crippen LogP contribution in [-0.2, 0) is 10.0 Å². The van der Waals surface area contributed by atoms with Gasteiger partial charge in [-0.3, -0.25) is 9.69 Å². The first-order valence-corrected chi connectivity index (χ1v) is 12.7. The zero-order chi connectivity index (χ0) is 21.8. The number of likely N-dealkylation sites (tertiary alicyclic amines) is 1. The predicted octanol–water partition coefficient (Wildman–Crippen LogP) is 3.69. The van der Waals surface area contributed by atoms with Crippen molar-refractivity contribution in [2.24, 2.45) is 0 Å². The first-order chi connectivity index (χ1) is 15.0. The zero-order valence-corrected chi connectivity index (χ0v) is 19.0. The van der Waals surface area contributed by atoms with E-state index in [-0.39, 0.29) is 16.8 Å². The lowest BCUT2D eigenvalue weighted by Crippen LogP contribution is -2.37. The fraction of sp³-hybridized carbons (Fsp3) is 0.435. The summed E-state index contributed by atoms with van der Waals surface area (Å²) in [5.41, 5.74) is 1.46. The smallest absolute Gasteiger partial charge is 0.251 e. The molecule has 1 unspecified atom stereocenters. The van der Waals surface area contributed by atoms with Crippen LogP contribution in [-0.4, -0.2) is 56.3 Å². The third-order valence-electron chi connectivity index (χ3n) is 6.12. The summed E-state index contributed by atoms with van der Waals surface area (Å²) in [4.78, 5) is 15.4. The lowest BCUT2D eigenvalue weighted by atomic mass is 10.0. The molecule has 2 saturated heterocycles. The molecule has 8 heteroatoms. The van der Waals surface area contributed by atoms with Gasteiger partial charge in [-0.25, -0.2) is 8.42 Å². The molecule has 2 heterocycles. The number of carbonyl (C=O) groups is 1. The van der Waals surface area contributed by atoms with Crippen molar-refractivity contribution in [1.29, 1.82) is 0 Å². The molecule has 31 heavy (non-hydrogen) atoms. The van der Waals surface area contributed by atoms with E-state index in [9.17, 15) is 13.2 Å². The normalized spacial score (nSPS) is 18.9. The van der Waals surface area contributed by atoms with E-state index in [4.69, 9.17) is 11.6 Å². The fourth-order valence-corrected chi connectivity index (χ4v) is 6.16. The first-order valence-electron chi connectivity index (χ1n) is 10.8. The molecule has 0 radical (unpaired) electrons. The van der Waals surface area contributed by atoms with E-state index < -0.39 is 10.0 Å². The lowest BCUT2D eigenvalue weighted by Gasteiger charge is -2.29. The van der Waals surface area contributed by atoms with Gasteiger partial charge in [-0.15, -0.1) is 0 Å². The minimum Gasteiger partial charge on any atom is -0.350 e. The van der Waals surface area contributed by atoms with Crippen molar-refractivity contribution in [1.82, 2.24) is 14.5 Å². The minimum absolute atomic E-state index is 0.00923. The van der Waals surface area contributed by atoms with Crippen molar-refractivity contribution in [2.75, 3.05) is 32.7 Å². The molecule has 0 saturated carbocycles. The molecule has 2 aliphatic rings. The van der Waals surface area contributed by atoms with Gasteiger partial charge in [-0.05, 0) is 74.7 Å². The molecule has 166 valence electrons. The lowest BCUT2D eigenvalue weighted by molar-refractivity contribution is 0.0938. The summed E-state index contributed by atoms with van der Waals surface area (Å²) in [6.07, 6.45) is 4.07. The highest BCUT2D eigenvalue weighted by Gasteiger charge is 2.28. The summed E-state index contributed by atoms with van der Waals surface area (Å²) in [7, 11) is -3.48. The van der Waals surface area contributed by atoms with Gasteiger partial charge < -0.3 is 5.32 Å². The second kappa shape index (κ2) is 9.69. The number of benzene rings is 2. The van der Waals surface area contributed by atoms with Gasteiger partial charge in [0.2, 0.25) is 10.0 Å². The monoisotopic (exact) mass is 461 g/mol. The number of nitrogens with one attached hydrogen (secondary N) is 1. The van der Waals surface area contributed by atoms with Crippen LogP contribution in [0.25, 0.3) is 0 Å². The van der Waals surface area contributed by atoms with Crippen LogP contribution < -0.4 is 5.32 Å². The maximum atomic E-state index is 12.8. The molecule has 4 rings (SSSR count). The van der Waals surface area contributed by atoms with E-state index in [0.29, 0.717) is 30.2 Å². The van der Waals surface area contributed by atoms with Crippen LogP contribution in [0.2, 0.25) is 5.02 Å². The molecule has 2 aromatic rings. The molecule has 1 atom stereocenters. The van der Waals surface area contributed by atoms with Crippen molar-refractivity contribution < 1.29 is 13.2 Å². The molecule has 2 aromatic carbocycles. The number of sulfonamides is 1. The van der Waals surface area contributed by atoms with Gasteiger partial charge >= 0.3 is 0 Å². The van der Waals surface area contributed by atoms with Crippen LogP contribution in [0.5, 0.6) is 0 Å². The second-order valence-corrected chi connectivity index (χ2v) is 10.5. The Balaban J connectivity index is 1.45. The molecule has 2 aliphatic heterocycles. The van der Waals surface area contributed by atoms with E-state index in [1.807, 2.05) is 24.3 Å². The Bertz CT molecular complexity index is 1010. The average Bonchev–Trinajstić information content (AvgIpc) is 3.50. The Labute approximate surface area is 189 Å². The van der Waals surface area contributed by atoms with E-state index in [2.05, 4.69) is 10.2 Å². The highest BCUT2D eigenvalue weighted by molar-refractivity contribution is 7.89. The van der Waals surface area contributed by atoms with Crippen LogP contribution in [0.4, 0.5) is 0 Å². The number of amides is 1. The molecule has 2 fully saturated rings. The molecule has 0 aliphatic carbocycles. The summed E-state index contributed by atoms with van der Waals surface area (Å²) in [5.74, 6) is -0.221. The highest BCUT2D eigenvalue weighted by Crippen LogP contribution is 2.30. The summed E-state index contributed by atoms with van der Waals surface area (Å²) in [6.45, 7) is 3.52. The molecular formula is C23H28ClN3O3S. The van der Waals surface area contributed by atoms with Crippen LogP contribution in [0.1, 0.15) is 47.6 Å². The number of hydrogen-bond acceptors (Lipinski definition) is 4. The Hall–Kier alpha value is -1.93. The number of nitrogens with zero attached hydrogens (tertiary/aromatic N) is 2. The molecule has 0 spiro atoms. The number of halogens is 1. The Kier molecular flexibility index (Phi) is 6.96. The average molecular weight is 462 g/mol. The highest BCUT2D eigenvalue weighted by atomic mass is 35.5. The molecule has 6 nitrogen and oxygen atoms in total. The first kappa shape index (κ1) is 22.3. The number of hydrogen-bond donors (Lipinski definition) is 1. The SMILES string of the molecule is O=C(NCC(c1ccccc1Cl)N1CCCC1)c1ccc(S(=O)(=O)N2CCCC2)cc1.